The summed E-state index contributed by atoms with van der Waals surface area (Å²) in [5.41, 5.74) is 8.21. The Morgan fingerprint density at radius 2 is 2.50 bits per heavy atom. The van der Waals surface area contributed by atoms with E-state index in [0.29, 0.717) is 4.77 Å². The van der Waals surface area contributed by atoms with Gasteiger partial charge in [0.2, 0.25) is 0 Å². The number of H-pyrrole nitrogens is 1. The van der Waals surface area contributed by atoms with E-state index in [1.54, 1.807) is 6.20 Å². The lowest BCUT2D eigenvalue weighted by Gasteiger charge is -2.20. The van der Waals surface area contributed by atoms with Crippen LogP contribution in [0.4, 0.5) is 0 Å². The van der Waals surface area contributed by atoms with Crippen LogP contribution in [0.1, 0.15) is 30.1 Å². The highest BCUT2D eigenvalue weighted by Gasteiger charge is 2.16. The molecule has 0 spiro atoms. The summed E-state index contributed by atoms with van der Waals surface area (Å²) in [7, 11) is 0. The quantitative estimate of drug-likeness (QED) is 0.596. The van der Waals surface area contributed by atoms with E-state index < -0.39 is 0 Å². The fourth-order valence-electron chi connectivity index (χ4n) is 1.62. The van der Waals surface area contributed by atoms with Gasteiger partial charge in [-0.05, 0) is 31.5 Å². The number of aromatic amines is 1. The molecule has 3 nitrogen and oxygen atoms in total. The van der Waals surface area contributed by atoms with Crippen LogP contribution in [0.25, 0.3) is 0 Å². The van der Waals surface area contributed by atoms with Crippen LogP contribution in [0.15, 0.2) is 6.20 Å². The van der Waals surface area contributed by atoms with Crippen molar-refractivity contribution >= 4 is 12.2 Å². The first kappa shape index (κ1) is 7.89. The molecule has 0 radical (unpaired) electrons. The second-order valence-electron chi connectivity index (χ2n) is 3.12. The highest BCUT2D eigenvalue weighted by atomic mass is 32.1. The first-order valence-electron chi connectivity index (χ1n) is 4.11. The number of nitrogens with zero attached hydrogens (tertiary/aromatic N) is 1. The van der Waals surface area contributed by atoms with Gasteiger partial charge in [0.25, 0.3) is 0 Å². The summed E-state index contributed by atoms with van der Waals surface area (Å²) in [6.45, 7) is 0. The first-order valence-corrected chi connectivity index (χ1v) is 4.52. The van der Waals surface area contributed by atoms with Gasteiger partial charge in [-0.3, -0.25) is 0 Å². The number of nitrogens with two attached hydrogens (primary N) is 1. The monoisotopic (exact) mass is 181 g/mol. The molecule has 1 heterocycles. The number of hydrogen-bond donors (Lipinski definition) is 2. The van der Waals surface area contributed by atoms with Gasteiger partial charge in [-0.25, -0.2) is 4.98 Å². The maximum atomic E-state index is 5.90. The van der Waals surface area contributed by atoms with Gasteiger partial charge in [-0.15, -0.1) is 0 Å². The molecule has 0 saturated carbocycles. The molecule has 0 saturated heterocycles. The average Bonchev–Trinajstić information content (AvgIpc) is 2.04. The highest BCUT2D eigenvalue weighted by Crippen LogP contribution is 2.24. The minimum absolute atomic E-state index is 0.146. The van der Waals surface area contributed by atoms with E-state index in [2.05, 4.69) is 9.97 Å². The summed E-state index contributed by atoms with van der Waals surface area (Å²) >= 11 is 4.93. The van der Waals surface area contributed by atoms with Gasteiger partial charge in [0, 0.05) is 23.5 Å². The van der Waals surface area contributed by atoms with Crippen molar-refractivity contribution in [2.45, 2.75) is 25.3 Å². The smallest absolute Gasteiger partial charge is 0.196 e. The maximum Gasteiger partial charge on any atom is 0.196 e. The van der Waals surface area contributed by atoms with Crippen molar-refractivity contribution in [3.8, 4) is 0 Å². The molecule has 0 fully saturated rings. The van der Waals surface area contributed by atoms with Crippen LogP contribution in [0.5, 0.6) is 0 Å². The van der Waals surface area contributed by atoms with Crippen molar-refractivity contribution in [3.05, 3.63) is 22.2 Å². The molecule has 1 aliphatic carbocycles. The number of nitrogens with one attached hydrogen (secondary N) is 1. The third kappa shape index (κ3) is 1.28. The van der Waals surface area contributed by atoms with Crippen LogP contribution >= 0.6 is 12.2 Å². The van der Waals surface area contributed by atoms with Crippen molar-refractivity contribution in [1.29, 1.82) is 0 Å². The number of aryl methyl sites for hydroxylation is 1. The van der Waals surface area contributed by atoms with Crippen LogP contribution in [-0.2, 0) is 6.42 Å². The van der Waals surface area contributed by atoms with E-state index in [4.69, 9.17) is 18.0 Å². The summed E-state index contributed by atoms with van der Waals surface area (Å²) in [5.74, 6) is 0. The standard InChI is InChI=1S/C8H11N3S/c9-6-2-1-3-7-5(6)4-10-8(12)11-7/h4,6H,1-3,9H2,(H,10,11,12). The van der Waals surface area contributed by atoms with Gasteiger partial charge < -0.3 is 10.7 Å². The Morgan fingerprint density at radius 3 is 3.33 bits per heavy atom. The Bertz CT molecular complexity index is 344. The van der Waals surface area contributed by atoms with E-state index in [1.165, 1.54) is 5.69 Å². The minimum atomic E-state index is 0.146. The first-order chi connectivity index (χ1) is 5.77. The van der Waals surface area contributed by atoms with Crippen LogP contribution in [0, 0.1) is 4.77 Å². The van der Waals surface area contributed by atoms with Gasteiger partial charge >= 0.3 is 0 Å². The van der Waals surface area contributed by atoms with Crippen LogP contribution in [0.3, 0.4) is 0 Å². The van der Waals surface area contributed by atoms with Crippen LogP contribution < -0.4 is 5.73 Å². The average molecular weight is 181 g/mol. The Morgan fingerprint density at radius 1 is 1.67 bits per heavy atom. The predicted molar refractivity (Wildman–Crippen MR) is 49.3 cm³/mol. The normalized spacial score (nSPS) is 21.9. The second kappa shape index (κ2) is 2.95. The van der Waals surface area contributed by atoms with E-state index in [1.807, 2.05) is 0 Å². The largest absolute Gasteiger partial charge is 0.334 e. The Balaban J connectivity index is 2.53. The van der Waals surface area contributed by atoms with Crippen molar-refractivity contribution < 1.29 is 0 Å². The molecule has 1 unspecified atom stereocenters. The lowest BCUT2D eigenvalue weighted by atomic mass is 9.93. The predicted octanol–water partition coefficient (Wildman–Crippen LogP) is 1.48. The summed E-state index contributed by atoms with van der Waals surface area (Å²) in [6, 6.07) is 0.146. The number of fused-ring (bicyclic) bond motifs is 1. The molecular weight excluding hydrogens is 170 g/mol. The molecular formula is C8H11N3S. The number of aromatic nitrogens is 2. The minimum Gasteiger partial charge on any atom is -0.334 e. The van der Waals surface area contributed by atoms with Crippen molar-refractivity contribution in [2.24, 2.45) is 5.73 Å². The van der Waals surface area contributed by atoms with E-state index in [9.17, 15) is 0 Å². The maximum absolute atomic E-state index is 5.90. The van der Waals surface area contributed by atoms with Crippen LogP contribution in [-0.4, -0.2) is 9.97 Å². The molecule has 64 valence electrons. The molecule has 3 N–H and O–H groups in total. The molecule has 0 amide bonds. The molecule has 0 aliphatic heterocycles. The van der Waals surface area contributed by atoms with Crippen molar-refractivity contribution in [1.82, 2.24) is 9.97 Å². The number of hydrogen-bond acceptors (Lipinski definition) is 3. The van der Waals surface area contributed by atoms with Gasteiger partial charge in [0.05, 0.1) is 0 Å². The molecule has 1 atom stereocenters. The van der Waals surface area contributed by atoms with Gasteiger partial charge in [-0.1, -0.05) is 0 Å². The Labute approximate surface area is 76.0 Å². The molecule has 0 aromatic carbocycles. The fourth-order valence-corrected chi connectivity index (χ4v) is 1.80. The van der Waals surface area contributed by atoms with Gasteiger partial charge in [0.15, 0.2) is 4.77 Å². The summed E-state index contributed by atoms with van der Waals surface area (Å²) in [4.78, 5) is 7.10. The van der Waals surface area contributed by atoms with Gasteiger partial charge in [0.1, 0.15) is 0 Å². The van der Waals surface area contributed by atoms with E-state index >= 15 is 0 Å². The van der Waals surface area contributed by atoms with Crippen molar-refractivity contribution in [2.75, 3.05) is 0 Å². The molecule has 0 bridgehead atoms. The zero-order valence-corrected chi connectivity index (χ0v) is 7.53. The Kier molecular flexibility index (Phi) is 1.94. The lowest BCUT2D eigenvalue weighted by Crippen LogP contribution is -2.18. The highest BCUT2D eigenvalue weighted by molar-refractivity contribution is 7.71. The zero-order chi connectivity index (χ0) is 8.55. The topological polar surface area (TPSA) is 54.7 Å². The summed E-state index contributed by atoms with van der Waals surface area (Å²) in [5, 5.41) is 0. The molecule has 12 heavy (non-hydrogen) atoms. The molecule has 1 aliphatic rings. The lowest BCUT2D eigenvalue weighted by molar-refractivity contribution is 0.555. The third-order valence-corrected chi connectivity index (χ3v) is 2.48. The summed E-state index contributed by atoms with van der Waals surface area (Å²) in [6.07, 6.45) is 5.05. The second-order valence-corrected chi connectivity index (χ2v) is 3.51. The zero-order valence-electron chi connectivity index (χ0n) is 6.71. The van der Waals surface area contributed by atoms with E-state index in [0.717, 1.165) is 24.8 Å². The van der Waals surface area contributed by atoms with Crippen molar-refractivity contribution in [3.63, 3.8) is 0 Å². The molecule has 2 rings (SSSR count). The molecule has 4 heteroatoms. The SMILES string of the molecule is NC1CCCc2[nH]c(=S)ncc21. The third-order valence-electron chi connectivity index (χ3n) is 2.27. The van der Waals surface area contributed by atoms with Crippen LogP contribution in [0.2, 0.25) is 0 Å². The number of rotatable bonds is 0. The molecule has 1 aromatic heterocycles. The fraction of sp³-hybridized carbons (Fsp3) is 0.500. The van der Waals surface area contributed by atoms with Gasteiger partial charge in [-0.2, -0.15) is 0 Å². The molecule has 1 aromatic rings. The van der Waals surface area contributed by atoms with E-state index in [-0.39, 0.29) is 6.04 Å². The summed E-state index contributed by atoms with van der Waals surface area (Å²) < 4.78 is 0.558. The Hall–Kier alpha value is -0.740.